The molecule has 1 aromatic carbocycles. The molecule has 5 nitrogen and oxygen atoms in total. The van der Waals surface area contributed by atoms with Crippen molar-refractivity contribution in [2.24, 2.45) is 0 Å². The van der Waals surface area contributed by atoms with Crippen molar-refractivity contribution in [2.45, 2.75) is 13.8 Å². The van der Waals surface area contributed by atoms with Gasteiger partial charge in [0, 0.05) is 24.3 Å². The molecule has 1 aromatic heterocycles. The van der Waals surface area contributed by atoms with Crippen LogP contribution in [0.2, 0.25) is 5.02 Å². The largest absolute Gasteiger partial charge is 0.495 e. The van der Waals surface area contributed by atoms with Crippen molar-refractivity contribution in [3.63, 3.8) is 0 Å². The number of carbonyl (C=O) groups excluding carboxylic acids is 1. The molecule has 122 valence electrons. The monoisotopic (exact) mass is 333 g/mol. The molecule has 0 aliphatic rings. The van der Waals surface area contributed by atoms with E-state index in [0.717, 1.165) is 0 Å². The van der Waals surface area contributed by atoms with E-state index in [0.29, 0.717) is 40.8 Å². The Hall–Kier alpha value is -2.27. The number of methoxy groups -OCH3 is 1. The summed E-state index contributed by atoms with van der Waals surface area (Å²) in [6, 6.07) is 7.07. The molecule has 0 saturated carbocycles. The molecule has 23 heavy (non-hydrogen) atoms. The number of hydrogen-bond donors (Lipinski definition) is 1. The Bertz CT molecular complexity index is 687. The topological polar surface area (TPSA) is 54.5 Å². The number of nitrogens with one attached hydrogen (secondary N) is 1. The van der Waals surface area contributed by atoms with Gasteiger partial charge < -0.3 is 15.0 Å². The fourth-order valence-electron chi connectivity index (χ4n) is 2.25. The molecule has 1 amide bonds. The molecule has 1 N–H and O–H groups in total. The zero-order valence-electron chi connectivity index (χ0n) is 13.5. The van der Waals surface area contributed by atoms with E-state index in [1.165, 1.54) is 0 Å². The smallest absolute Gasteiger partial charge is 0.255 e. The maximum Gasteiger partial charge on any atom is 0.255 e. The highest BCUT2D eigenvalue weighted by Gasteiger charge is 2.13. The second-order valence-electron chi connectivity index (χ2n) is 4.91. The molecular weight excluding hydrogens is 314 g/mol. The van der Waals surface area contributed by atoms with Gasteiger partial charge in [-0.3, -0.25) is 9.78 Å². The third-order valence-corrected chi connectivity index (χ3v) is 3.71. The lowest BCUT2D eigenvalue weighted by molar-refractivity contribution is 0.0772. The van der Waals surface area contributed by atoms with Crippen LogP contribution in [0.15, 0.2) is 36.7 Å². The number of carbonyl (C=O) groups is 1. The summed E-state index contributed by atoms with van der Waals surface area (Å²) in [7, 11) is 1.59. The summed E-state index contributed by atoms with van der Waals surface area (Å²) < 4.78 is 5.31. The van der Waals surface area contributed by atoms with E-state index in [1.807, 2.05) is 13.8 Å². The minimum atomic E-state index is -0.0378. The number of amides is 1. The number of benzene rings is 1. The van der Waals surface area contributed by atoms with Gasteiger partial charge in [-0.05, 0) is 38.1 Å². The van der Waals surface area contributed by atoms with Crippen LogP contribution in [-0.4, -0.2) is 36.0 Å². The molecular formula is C17H20ClN3O2. The first-order valence-corrected chi connectivity index (χ1v) is 7.81. The quantitative estimate of drug-likeness (QED) is 0.869. The molecule has 6 heteroatoms. The van der Waals surface area contributed by atoms with Gasteiger partial charge in [-0.15, -0.1) is 0 Å². The van der Waals surface area contributed by atoms with Crippen molar-refractivity contribution in [1.82, 2.24) is 9.88 Å². The molecule has 0 spiro atoms. The maximum atomic E-state index is 12.4. The van der Waals surface area contributed by atoms with Crippen LogP contribution in [0.4, 0.5) is 11.4 Å². The van der Waals surface area contributed by atoms with E-state index < -0.39 is 0 Å². The fourth-order valence-corrected chi connectivity index (χ4v) is 2.42. The molecule has 0 unspecified atom stereocenters. The molecule has 0 aliphatic carbocycles. The fraction of sp³-hybridized carbons (Fsp3) is 0.294. The van der Waals surface area contributed by atoms with Crippen LogP contribution in [0.25, 0.3) is 0 Å². The summed E-state index contributed by atoms with van der Waals surface area (Å²) in [5.74, 6) is 0.624. The van der Waals surface area contributed by atoms with E-state index in [2.05, 4.69) is 10.3 Å². The average molecular weight is 334 g/mol. The summed E-state index contributed by atoms with van der Waals surface area (Å²) in [6.45, 7) is 5.23. The van der Waals surface area contributed by atoms with Gasteiger partial charge in [-0.2, -0.15) is 0 Å². The van der Waals surface area contributed by atoms with Crippen LogP contribution < -0.4 is 10.1 Å². The van der Waals surface area contributed by atoms with E-state index >= 15 is 0 Å². The number of aromatic nitrogens is 1. The molecule has 1 heterocycles. The van der Waals surface area contributed by atoms with Crippen molar-refractivity contribution in [3.8, 4) is 5.75 Å². The van der Waals surface area contributed by atoms with Crippen LogP contribution in [0, 0.1) is 0 Å². The van der Waals surface area contributed by atoms with Crippen LogP contribution in [0.5, 0.6) is 5.75 Å². The first-order chi connectivity index (χ1) is 11.1. The predicted octanol–water partition coefficient (Wildman–Crippen LogP) is 3.97. The Morgan fingerprint density at radius 3 is 2.65 bits per heavy atom. The van der Waals surface area contributed by atoms with E-state index in [4.69, 9.17) is 16.3 Å². The SMILES string of the molecule is CCN(CC)C(=O)c1cncc(Nc2cc(Cl)ccc2OC)c1. The van der Waals surface area contributed by atoms with Crippen LogP contribution in [0.3, 0.4) is 0 Å². The Morgan fingerprint density at radius 2 is 2.00 bits per heavy atom. The van der Waals surface area contributed by atoms with E-state index in [9.17, 15) is 4.79 Å². The molecule has 0 radical (unpaired) electrons. The molecule has 2 rings (SSSR count). The summed E-state index contributed by atoms with van der Waals surface area (Å²) in [5.41, 5.74) is 1.96. The zero-order valence-corrected chi connectivity index (χ0v) is 14.2. The number of halogens is 1. The van der Waals surface area contributed by atoms with Gasteiger partial charge in [0.05, 0.1) is 30.2 Å². The summed E-state index contributed by atoms with van der Waals surface area (Å²) >= 11 is 6.03. The molecule has 0 saturated heterocycles. The highest BCUT2D eigenvalue weighted by molar-refractivity contribution is 6.31. The van der Waals surface area contributed by atoms with Crippen molar-refractivity contribution >= 4 is 28.9 Å². The number of nitrogens with zero attached hydrogens (tertiary/aromatic N) is 2. The number of ether oxygens (including phenoxy) is 1. The highest BCUT2D eigenvalue weighted by Crippen LogP contribution is 2.30. The van der Waals surface area contributed by atoms with Gasteiger partial charge in [0.15, 0.2) is 0 Å². The Labute approximate surface area is 141 Å². The van der Waals surface area contributed by atoms with Crippen molar-refractivity contribution in [3.05, 3.63) is 47.2 Å². The van der Waals surface area contributed by atoms with Crippen molar-refractivity contribution in [1.29, 1.82) is 0 Å². The second kappa shape index (κ2) is 7.83. The van der Waals surface area contributed by atoms with Gasteiger partial charge >= 0.3 is 0 Å². The highest BCUT2D eigenvalue weighted by atomic mass is 35.5. The van der Waals surface area contributed by atoms with Gasteiger partial charge in [0.25, 0.3) is 5.91 Å². The normalized spacial score (nSPS) is 10.3. The minimum absolute atomic E-state index is 0.0378. The third kappa shape index (κ3) is 4.13. The lowest BCUT2D eigenvalue weighted by Crippen LogP contribution is -2.30. The lowest BCUT2D eigenvalue weighted by Gasteiger charge is -2.19. The molecule has 0 aliphatic heterocycles. The van der Waals surface area contributed by atoms with Crippen LogP contribution in [0.1, 0.15) is 24.2 Å². The first kappa shape index (κ1) is 17.1. The molecule has 0 bridgehead atoms. The summed E-state index contributed by atoms with van der Waals surface area (Å²) in [4.78, 5) is 18.3. The first-order valence-electron chi connectivity index (χ1n) is 7.43. The van der Waals surface area contributed by atoms with E-state index in [1.54, 1.807) is 48.7 Å². The zero-order chi connectivity index (χ0) is 16.8. The van der Waals surface area contributed by atoms with Gasteiger partial charge in [-0.1, -0.05) is 11.6 Å². The van der Waals surface area contributed by atoms with Gasteiger partial charge in [0.2, 0.25) is 0 Å². The number of anilines is 2. The number of pyridine rings is 1. The Morgan fingerprint density at radius 1 is 1.26 bits per heavy atom. The number of hydrogen-bond acceptors (Lipinski definition) is 4. The summed E-state index contributed by atoms with van der Waals surface area (Å²) in [6.07, 6.45) is 3.22. The Kier molecular flexibility index (Phi) is 5.82. The molecule has 0 atom stereocenters. The van der Waals surface area contributed by atoms with E-state index in [-0.39, 0.29) is 5.91 Å². The van der Waals surface area contributed by atoms with Gasteiger partial charge in [0.1, 0.15) is 5.75 Å². The standard InChI is InChI=1S/C17H20ClN3O2/c1-4-21(5-2)17(22)12-8-14(11-19-10-12)20-15-9-13(18)6-7-16(15)23-3/h6-11,20H,4-5H2,1-3H3. The summed E-state index contributed by atoms with van der Waals surface area (Å²) in [5, 5.41) is 3.79. The van der Waals surface area contributed by atoms with Crippen LogP contribution >= 0.6 is 11.6 Å². The minimum Gasteiger partial charge on any atom is -0.495 e. The van der Waals surface area contributed by atoms with Crippen molar-refractivity contribution < 1.29 is 9.53 Å². The third-order valence-electron chi connectivity index (χ3n) is 3.48. The average Bonchev–Trinajstić information content (AvgIpc) is 2.56. The number of rotatable bonds is 6. The van der Waals surface area contributed by atoms with Crippen LogP contribution in [-0.2, 0) is 0 Å². The van der Waals surface area contributed by atoms with Crippen molar-refractivity contribution in [2.75, 3.05) is 25.5 Å². The predicted molar refractivity (Wildman–Crippen MR) is 92.8 cm³/mol. The maximum absolute atomic E-state index is 12.4. The molecule has 2 aromatic rings. The Balaban J connectivity index is 2.27. The molecule has 0 fully saturated rings. The second-order valence-corrected chi connectivity index (χ2v) is 5.35. The lowest BCUT2D eigenvalue weighted by atomic mass is 10.2. The van der Waals surface area contributed by atoms with Gasteiger partial charge in [-0.25, -0.2) is 0 Å².